The van der Waals surface area contributed by atoms with Crippen molar-refractivity contribution >= 4 is 16.8 Å². The number of benzene rings is 1. The Bertz CT molecular complexity index is 403. The number of rotatable bonds is 3. The maximum Gasteiger partial charge on any atom is 0.214 e. The van der Waals surface area contributed by atoms with E-state index in [9.17, 15) is 0 Å². The van der Waals surface area contributed by atoms with Crippen molar-refractivity contribution in [3.8, 4) is 5.75 Å². The molecule has 1 saturated heterocycles. The van der Waals surface area contributed by atoms with Crippen LogP contribution < -0.4 is 4.74 Å². The second-order valence-corrected chi connectivity index (χ2v) is 5.55. The predicted octanol–water partition coefficient (Wildman–Crippen LogP) is 3.20. The Balaban J connectivity index is 2.09. The molecule has 0 N–H and O–H groups in total. The van der Waals surface area contributed by atoms with Crippen molar-refractivity contribution in [2.45, 2.75) is 25.7 Å². The summed E-state index contributed by atoms with van der Waals surface area (Å²) in [7, 11) is 1.71. The lowest BCUT2D eigenvalue weighted by Gasteiger charge is -2.13. The quantitative estimate of drug-likeness (QED) is 0.614. The monoisotopic (exact) mass is 264 g/mol. The number of nitrogens with zero attached hydrogens (tertiary/aromatic N) is 1. The third-order valence-corrected chi connectivity index (χ3v) is 4.33. The van der Waals surface area contributed by atoms with E-state index < -0.39 is 0 Å². The van der Waals surface area contributed by atoms with E-state index in [1.54, 1.807) is 7.11 Å². The summed E-state index contributed by atoms with van der Waals surface area (Å²) in [6, 6.07) is 8.42. The molecule has 3 heteroatoms. The number of methoxy groups -OCH3 is 1. The number of ether oxygens (including phenoxy) is 1. The molecular weight excluding hydrogens is 242 g/mol. The molecule has 1 aromatic rings. The summed E-state index contributed by atoms with van der Waals surface area (Å²) < 4.78 is 7.75. The van der Waals surface area contributed by atoms with E-state index >= 15 is 0 Å². The molecule has 2 nitrogen and oxygen atoms in total. The minimum absolute atomic E-state index is 0.933. The van der Waals surface area contributed by atoms with Gasteiger partial charge in [-0.25, -0.2) is 4.58 Å². The summed E-state index contributed by atoms with van der Waals surface area (Å²) in [5.74, 6) is 0.933. The van der Waals surface area contributed by atoms with Crippen LogP contribution in [-0.4, -0.2) is 36.1 Å². The molecular formula is C15H22NOS+. The molecule has 1 aliphatic heterocycles. The summed E-state index contributed by atoms with van der Waals surface area (Å²) in [5.41, 5.74) is 1.37. The van der Waals surface area contributed by atoms with Crippen LogP contribution in [0.1, 0.15) is 24.8 Å². The minimum atomic E-state index is 0.933. The molecule has 1 aromatic carbocycles. The molecule has 0 spiro atoms. The van der Waals surface area contributed by atoms with Crippen LogP contribution in [0.15, 0.2) is 24.3 Å². The van der Waals surface area contributed by atoms with Crippen LogP contribution in [0.25, 0.3) is 0 Å². The molecule has 1 aliphatic rings. The zero-order chi connectivity index (χ0) is 12.8. The van der Waals surface area contributed by atoms with Crippen LogP contribution in [0.5, 0.6) is 5.75 Å². The van der Waals surface area contributed by atoms with Gasteiger partial charge in [0.2, 0.25) is 5.04 Å². The maximum atomic E-state index is 5.19. The Kier molecular flexibility index (Phi) is 5.12. The van der Waals surface area contributed by atoms with Crippen LogP contribution in [0.3, 0.4) is 0 Å². The van der Waals surface area contributed by atoms with Crippen molar-refractivity contribution in [3.05, 3.63) is 29.8 Å². The SMILES string of the molecule is COc1ccc(CC(SC)=[N+]2CCCCC2)cc1. The first-order valence-electron chi connectivity index (χ1n) is 6.61. The van der Waals surface area contributed by atoms with E-state index in [-0.39, 0.29) is 0 Å². The zero-order valence-electron chi connectivity index (χ0n) is 11.3. The van der Waals surface area contributed by atoms with Gasteiger partial charge < -0.3 is 4.74 Å². The fraction of sp³-hybridized carbons (Fsp3) is 0.533. The highest BCUT2D eigenvalue weighted by molar-refractivity contribution is 8.13. The average Bonchev–Trinajstić information content (AvgIpc) is 2.46. The highest BCUT2D eigenvalue weighted by Crippen LogP contribution is 2.16. The van der Waals surface area contributed by atoms with E-state index in [4.69, 9.17) is 4.74 Å². The van der Waals surface area contributed by atoms with Crippen molar-refractivity contribution in [2.24, 2.45) is 0 Å². The Hall–Kier alpha value is -0.960. The van der Waals surface area contributed by atoms with Crippen molar-refractivity contribution in [1.29, 1.82) is 0 Å². The largest absolute Gasteiger partial charge is 0.497 e. The summed E-state index contributed by atoms with van der Waals surface area (Å²) in [5, 5.41) is 1.50. The lowest BCUT2D eigenvalue weighted by molar-refractivity contribution is -0.535. The maximum absolute atomic E-state index is 5.19. The van der Waals surface area contributed by atoms with Crippen molar-refractivity contribution < 1.29 is 9.31 Å². The molecule has 0 unspecified atom stereocenters. The first kappa shape index (κ1) is 13.5. The molecule has 18 heavy (non-hydrogen) atoms. The van der Waals surface area contributed by atoms with Gasteiger partial charge >= 0.3 is 0 Å². The Morgan fingerprint density at radius 3 is 2.39 bits per heavy atom. The topological polar surface area (TPSA) is 12.2 Å². The predicted molar refractivity (Wildman–Crippen MR) is 79.1 cm³/mol. The lowest BCUT2D eigenvalue weighted by atomic mass is 10.1. The second-order valence-electron chi connectivity index (χ2n) is 4.67. The number of hydrogen-bond donors (Lipinski definition) is 0. The molecule has 0 bridgehead atoms. The van der Waals surface area contributed by atoms with Crippen LogP contribution in [0.2, 0.25) is 0 Å². The molecule has 0 aromatic heterocycles. The van der Waals surface area contributed by atoms with Gasteiger partial charge in [0.1, 0.15) is 18.8 Å². The Morgan fingerprint density at radius 1 is 1.17 bits per heavy atom. The van der Waals surface area contributed by atoms with E-state index in [0.717, 1.165) is 12.2 Å². The number of piperidine rings is 1. The third-order valence-electron chi connectivity index (χ3n) is 3.46. The smallest absolute Gasteiger partial charge is 0.214 e. The molecule has 1 fully saturated rings. The van der Waals surface area contributed by atoms with E-state index in [1.807, 2.05) is 23.9 Å². The van der Waals surface area contributed by atoms with Crippen LogP contribution in [0, 0.1) is 0 Å². The van der Waals surface area contributed by atoms with Crippen LogP contribution in [-0.2, 0) is 6.42 Å². The van der Waals surface area contributed by atoms with Gasteiger partial charge in [-0.15, -0.1) is 0 Å². The van der Waals surface area contributed by atoms with Crippen molar-refractivity contribution in [2.75, 3.05) is 26.5 Å². The van der Waals surface area contributed by atoms with Crippen molar-refractivity contribution in [3.63, 3.8) is 0 Å². The van der Waals surface area contributed by atoms with Gasteiger partial charge in [0.05, 0.1) is 13.5 Å². The fourth-order valence-electron chi connectivity index (χ4n) is 2.37. The number of hydrogen-bond acceptors (Lipinski definition) is 2. The molecule has 2 rings (SSSR count). The van der Waals surface area contributed by atoms with E-state index in [1.165, 1.54) is 43.0 Å². The third kappa shape index (κ3) is 3.52. The van der Waals surface area contributed by atoms with Gasteiger partial charge in [-0.2, -0.15) is 0 Å². The summed E-state index contributed by atoms with van der Waals surface area (Å²) in [4.78, 5) is 0. The van der Waals surface area contributed by atoms with Gasteiger partial charge in [-0.3, -0.25) is 0 Å². The Labute approximate surface area is 114 Å². The summed E-state index contributed by atoms with van der Waals surface area (Å²) in [6.45, 7) is 2.46. The molecule has 98 valence electrons. The summed E-state index contributed by atoms with van der Waals surface area (Å²) >= 11 is 1.89. The molecule has 0 atom stereocenters. The van der Waals surface area contributed by atoms with Gasteiger partial charge in [-0.05, 0) is 30.4 Å². The van der Waals surface area contributed by atoms with Gasteiger partial charge in [0.25, 0.3) is 0 Å². The lowest BCUT2D eigenvalue weighted by Crippen LogP contribution is -2.26. The van der Waals surface area contributed by atoms with Crippen LogP contribution in [0.4, 0.5) is 0 Å². The molecule has 0 radical (unpaired) electrons. The first-order chi connectivity index (χ1) is 8.83. The van der Waals surface area contributed by atoms with E-state index in [0.29, 0.717) is 0 Å². The van der Waals surface area contributed by atoms with Gasteiger partial charge in [-0.1, -0.05) is 23.9 Å². The molecule has 1 heterocycles. The molecule has 0 aliphatic carbocycles. The zero-order valence-corrected chi connectivity index (χ0v) is 12.1. The molecule has 0 saturated carbocycles. The second kappa shape index (κ2) is 6.83. The van der Waals surface area contributed by atoms with E-state index in [2.05, 4.69) is 23.0 Å². The standard InChI is InChI=1S/C15H22NOS/c1-17-14-8-6-13(7-9-14)12-15(18-2)16-10-4-3-5-11-16/h6-9H,3-5,10-12H2,1-2H3/q+1. The highest BCUT2D eigenvalue weighted by atomic mass is 32.2. The highest BCUT2D eigenvalue weighted by Gasteiger charge is 2.17. The normalized spacial score (nSPS) is 15.6. The molecule has 0 amide bonds. The van der Waals surface area contributed by atoms with Crippen molar-refractivity contribution in [1.82, 2.24) is 0 Å². The Morgan fingerprint density at radius 2 is 1.83 bits per heavy atom. The fourth-order valence-corrected chi connectivity index (χ4v) is 3.13. The first-order valence-corrected chi connectivity index (χ1v) is 7.83. The van der Waals surface area contributed by atoms with Gasteiger partial charge in [0.15, 0.2) is 0 Å². The minimum Gasteiger partial charge on any atom is -0.497 e. The van der Waals surface area contributed by atoms with Crippen LogP contribution >= 0.6 is 11.8 Å². The average molecular weight is 264 g/mol. The van der Waals surface area contributed by atoms with Gasteiger partial charge in [0, 0.05) is 12.8 Å². The summed E-state index contributed by atoms with van der Waals surface area (Å²) in [6.07, 6.45) is 7.30. The number of thioether (sulfide) groups is 1.